The van der Waals surface area contributed by atoms with Gasteiger partial charge in [-0.25, -0.2) is 0 Å². The van der Waals surface area contributed by atoms with Gasteiger partial charge >= 0.3 is 5.97 Å². The summed E-state index contributed by atoms with van der Waals surface area (Å²) in [6, 6.07) is 0. The molecule has 0 bridgehead atoms. The van der Waals surface area contributed by atoms with Crippen LogP contribution in [0, 0.1) is 0 Å². The van der Waals surface area contributed by atoms with E-state index < -0.39 is 5.97 Å². The van der Waals surface area contributed by atoms with E-state index in [1.807, 2.05) is 0 Å². The minimum absolute atomic E-state index is 0.315. The number of ether oxygens (including phenoxy) is 1. The van der Waals surface area contributed by atoms with Crippen LogP contribution in [0.25, 0.3) is 0 Å². The Kier molecular flexibility index (Phi) is 11.9. The fourth-order valence-corrected chi connectivity index (χ4v) is 3.02. The van der Waals surface area contributed by atoms with Crippen LogP contribution in [0.3, 0.4) is 0 Å². The zero-order valence-electron chi connectivity index (χ0n) is 15.0. The topological polar surface area (TPSA) is 49.8 Å². The molecule has 1 aliphatic rings. The molecular weight excluding hydrogens is 288 g/mol. The van der Waals surface area contributed by atoms with Gasteiger partial charge in [0.05, 0.1) is 12.2 Å². The fourth-order valence-electron chi connectivity index (χ4n) is 3.02. The molecule has 0 amide bonds. The summed E-state index contributed by atoms with van der Waals surface area (Å²) in [6.45, 7) is 2.25. The van der Waals surface area contributed by atoms with Crippen molar-refractivity contribution in [3.05, 3.63) is 12.2 Å². The van der Waals surface area contributed by atoms with E-state index in [1.165, 1.54) is 57.8 Å². The van der Waals surface area contributed by atoms with Crippen molar-refractivity contribution in [3.8, 4) is 0 Å². The highest BCUT2D eigenvalue weighted by Gasteiger charge is 2.36. The maximum atomic E-state index is 10.4. The predicted octanol–water partition coefficient (Wildman–Crippen LogP) is 5.88. The first kappa shape index (κ1) is 20.2. The quantitative estimate of drug-likeness (QED) is 0.219. The van der Waals surface area contributed by atoms with Crippen molar-refractivity contribution >= 4 is 5.97 Å². The SMILES string of the molecule is CCCCC/C=C\CCCCC1OC1CCCCCCC(=O)O. The molecule has 1 N–H and O–H groups in total. The number of carboxylic acid groups (broad SMARTS) is 1. The van der Waals surface area contributed by atoms with Crippen molar-refractivity contribution in [2.45, 2.75) is 109 Å². The molecule has 3 heteroatoms. The van der Waals surface area contributed by atoms with Gasteiger partial charge in [0.1, 0.15) is 0 Å². The molecule has 23 heavy (non-hydrogen) atoms. The fraction of sp³-hybridized carbons (Fsp3) is 0.850. The van der Waals surface area contributed by atoms with E-state index >= 15 is 0 Å². The Morgan fingerprint density at radius 1 is 0.870 bits per heavy atom. The van der Waals surface area contributed by atoms with Gasteiger partial charge in [-0.15, -0.1) is 0 Å². The van der Waals surface area contributed by atoms with Crippen LogP contribution in [-0.4, -0.2) is 23.3 Å². The summed E-state index contributed by atoms with van der Waals surface area (Å²) >= 11 is 0. The molecule has 1 aliphatic heterocycles. The van der Waals surface area contributed by atoms with E-state index in [0.29, 0.717) is 18.6 Å². The average molecular weight is 325 g/mol. The van der Waals surface area contributed by atoms with Crippen LogP contribution in [0.15, 0.2) is 12.2 Å². The summed E-state index contributed by atoms with van der Waals surface area (Å²) in [6.07, 6.45) is 21.6. The third-order valence-electron chi connectivity index (χ3n) is 4.57. The number of carboxylic acids is 1. The van der Waals surface area contributed by atoms with Crippen LogP contribution in [-0.2, 0) is 9.53 Å². The monoisotopic (exact) mass is 324 g/mol. The van der Waals surface area contributed by atoms with Gasteiger partial charge in [0.2, 0.25) is 0 Å². The van der Waals surface area contributed by atoms with Crippen LogP contribution in [0.5, 0.6) is 0 Å². The van der Waals surface area contributed by atoms with E-state index in [9.17, 15) is 4.79 Å². The molecule has 3 nitrogen and oxygen atoms in total. The van der Waals surface area contributed by atoms with Gasteiger partial charge in [0.25, 0.3) is 0 Å². The van der Waals surface area contributed by atoms with Gasteiger partial charge in [-0.05, 0) is 44.9 Å². The Bertz CT molecular complexity index is 325. The number of epoxide rings is 1. The maximum absolute atomic E-state index is 10.4. The molecule has 0 saturated carbocycles. The van der Waals surface area contributed by atoms with Crippen molar-refractivity contribution < 1.29 is 14.6 Å². The highest BCUT2D eigenvalue weighted by Crippen LogP contribution is 2.31. The van der Waals surface area contributed by atoms with Crippen molar-refractivity contribution in [3.63, 3.8) is 0 Å². The lowest BCUT2D eigenvalue weighted by atomic mass is 10.0. The maximum Gasteiger partial charge on any atom is 0.303 e. The predicted molar refractivity (Wildman–Crippen MR) is 95.7 cm³/mol. The van der Waals surface area contributed by atoms with Crippen LogP contribution >= 0.6 is 0 Å². The molecule has 0 aliphatic carbocycles. The smallest absolute Gasteiger partial charge is 0.303 e. The van der Waals surface area contributed by atoms with Crippen molar-refractivity contribution in [1.82, 2.24) is 0 Å². The number of rotatable bonds is 16. The second-order valence-electron chi connectivity index (χ2n) is 6.81. The Morgan fingerprint density at radius 2 is 1.43 bits per heavy atom. The third kappa shape index (κ3) is 12.3. The Balaban J connectivity index is 1.80. The number of aliphatic carboxylic acids is 1. The zero-order chi connectivity index (χ0) is 16.8. The van der Waals surface area contributed by atoms with Gasteiger partial charge in [-0.1, -0.05) is 57.6 Å². The van der Waals surface area contributed by atoms with E-state index in [-0.39, 0.29) is 0 Å². The second-order valence-corrected chi connectivity index (χ2v) is 6.81. The molecule has 2 atom stereocenters. The zero-order valence-corrected chi connectivity index (χ0v) is 15.0. The summed E-state index contributed by atoms with van der Waals surface area (Å²) in [5, 5.41) is 8.56. The number of hydrogen-bond donors (Lipinski definition) is 1. The molecule has 2 unspecified atom stereocenters. The number of allylic oxidation sites excluding steroid dienone is 2. The summed E-state index contributed by atoms with van der Waals surface area (Å²) in [5.41, 5.74) is 0. The highest BCUT2D eigenvalue weighted by atomic mass is 16.6. The number of carbonyl (C=O) groups is 1. The van der Waals surface area contributed by atoms with Gasteiger partial charge in [0.15, 0.2) is 0 Å². The van der Waals surface area contributed by atoms with Gasteiger partial charge in [0, 0.05) is 6.42 Å². The number of unbranched alkanes of at least 4 members (excludes halogenated alkanes) is 8. The van der Waals surface area contributed by atoms with Crippen LogP contribution in [0.2, 0.25) is 0 Å². The molecule has 1 heterocycles. The molecule has 134 valence electrons. The molecule has 0 aromatic rings. The van der Waals surface area contributed by atoms with Crippen molar-refractivity contribution in [1.29, 1.82) is 0 Å². The molecule has 0 aromatic heterocycles. The van der Waals surface area contributed by atoms with Crippen LogP contribution in [0.4, 0.5) is 0 Å². The minimum atomic E-state index is -0.675. The lowest BCUT2D eigenvalue weighted by molar-refractivity contribution is -0.137. The summed E-state index contributed by atoms with van der Waals surface area (Å²) in [7, 11) is 0. The van der Waals surface area contributed by atoms with E-state index in [4.69, 9.17) is 9.84 Å². The first-order chi connectivity index (χ1) is 11.2. The standard InChI is InChI=1S/C20H36O3/c1-2-3-4-5-6-7-8-9-12-15-18-19(23-18)16-13-10-11-14-17-20(21)22/h6-7,18-19H,2-5,8-17H2,1H3,(H,21,22)/b7-6-. The Morgan fingerprint density at radius 3 is 2.04 bits per heavy atom. The molecule has 1 rings (SSSR count). The summed E-state index contributed by atoms with van der Waals surface area (Å²) in [4.78, 5) is 10.4. The average Bonchev–Trinajstić information content (AvgIpc) is 3.27. The lowest BCUT2D eigenvalue weighted by Gasteiger charge is -1.98. The molecular formula is C20H36O3. The van der Waals surface area contributed by atoms with E-state index in [0.717, 1.165) is 25.7 Å². The molecule has 0 aromatic carbocycles. The summed E-state index contributed by atoms with van der Waals surface area (Å²) < 4.78 is 5.72. The highest BCUT2D eigenvalue weighted by molar-refractivity contribution is 5.66. The third-order valence-corrected chi connectivity index (χ3v) is 4.57. The minimum Gasteiger partial charge on any atom is -0.481 e. The van der Waals surface area contributed by atoms with E-state index in [1.54, 1.807) is 0 Å². The second kappa shape index (κ2) is 13.6. The van der Waals surface area contributed by atoms with Crippen molar-refractivity contribution in [2.75, 3.05) is 0 Å². The molecule has 1 fully saturated rings. The van der Waals surface area contributed by atoms with Crippen LogP contribution in [0.1, 0.15) is 96.8 Å². The molecule has 0 radical (unpaired) electrons. The lowest BCUT2D eigenvalue weighted by Crippen LogP contribution is -1.96. The Labute approximate surface area is 142 Å². The molecule has 0 spiro atoms. The van der Waals surface area contributed by atoms with Crippen LogP contribution < -0.4 is 0 Å². The van der Waals surface area contributed by atoms with Crippen molar-refractivity contribution in [2.24, 2.45) is 0 Å². The summed E-state index contributed by atoms with van der Waals surface area (Å²) in [5.74, 6) is -0.675. The normalized spacial score (nSPS) is 20.2. The van der Waals surface area contributed by atoms with Gasteiger partial charge in [-0.2, -0.15) is 0 Å². The first-order valence-electron chi connectivity index (χ1n) is 9.76. The first-order valence-corrected chi connectivity index (χ1v) is 9.76. The Hall–Kier alpha value is -0.830. The van der Waals surface area contributed by atoms with E-state index in [2.05, 4.69) is 19.1 Å². The largest absolute Gasteiger partial charge is 0.481 e. The molecule has 1 saturated heterocycles. The van der Waals surface area contributed by atoms with Gasteiger partial charge in [-0.3, -0.25) is 4.79 Å². The van der Waals surface area contributed by atoms with Gasteiger partial charge < -0.3 is 9.84 Å². The number of hydrogen-bond acceptors (Lipinski definition) is 2.